The number of alkyl halides is 1. The van der Waals surface area contributed by atoms with Crippen molar-refractivity contribution < 1.29 is 8.42 Å². The van der Waals surface area contributed by atoms with Gasteiger partial charge < -0.3 is 0 Å². The summed E-state index contributed by atoms with van der Waals surface area (Å²) in [6, 6.07) is 8.10. The van der Waals surface area contributed by atoms with Gasteiger partial charge in [-0.1, -0.05) is 31.2 Å². The molecule has 1 N–H and O–H groups in total. The highest BCUT2D eigenvalue weighted by Gasteiger charge is 2.25. The number of rotatable bonds is 5. The minimum atomic E-state index is -3.23. The lowest BCUT2D eigenvalue weighted by molar-refractivity contribution is 0.545. The van der Waals surface area contributed by atoms with Gasteiger partial charge in [0.15, 0.2) is 0 Å². The van der Waals surface area contributed by atoms with Crippen LogP contribution in [0.4, 0.5) is 0 Å². The summed E-state index contributed by atoms with van der Waals surface area (Å²) in [5, 5.41) is 0. The molecule has 3 nitrogen and oxygen atoms in total. The van der Waals surface area contributed by atoms with Crippen LogP contribution in [0.1, 0.15) is 18.1 Å². The summed E-state index contributed by atoms with van der Waals surface area (Å²) < 4.78 is 26.7. The molecular formula is C13H18ClNO2S. The fraction of sp³-hybridized carbons (Fsp3) is 0.538. The van der Waals surface area contributed by atoms with E-state index < -0.39 is 10.0 Å². The van der Waals surface area contributed by atoms with Gasteiger partial charge in [-0.15, -0.1) is 11.6 Å². The number of sulfonamides is 1. The van der Waals surface area contributed by atoms with E-state index >= 15 is 0 Å². The van der Waals surface area contributed by atoms with Crippen molar-refractivity contribution in [1.29, 1.82) is 0 Å². The first-order chi connectivity index (χ1) is 8.50. The first-order valence-electron chi connectivity index (χ1n) is 6.13. The van der Waals surface area contributed by atoms with E-state index in [-0.39, 0.29) is 17.7 Å². The van der Waals surface area contributed by atoms with Crippen molar-refractivity contribution in [1.82, 2.24) is 4.72 Å². The van der Waals surface area contributed by atoms with Crippen LogP contribution in [-0.4, -0.2) is 26.1 Å². The van der Waals surface area contributed by atoms with Crippen LogP contribution in [-0.2, 0) is 22.9 Å². The first kappa shape index (κ1) is 13.8. The number of nitrogens with one attached hydrogen (secondary N) is 1. The Morgan fingerprint density at radius 2 is 1.89 bits per heavy atom. The molecule has 0 saturated carbocycles. The van der Waals surface area contributed by atoms with Crippen molar-refractivity contribution >= 4 is 21.6 Å². The number of halogens is 1. The molecule has 1 aromatic carbocycles. The molecule has 1 aliphatic carbocycles. The molecule has 2 rings (SSSR count). The van der Waals surface area contributed by atoms with Gasteiger partial charge in [0, 0.05) is 11.9 Å². The van der Waals surface area contributed by atoms with Crippen molar-refractivity contribution in [3.8, 4) is 0 Å². The summed E-state index contributed by atoms with van der Waals surface area (Å²) in [4.78, 5) is 0. The highest BCUT2D eigenvalue weighted by atomic mass is 35.5. The smallest absolute Gasteiger partial charge is 0.212 e. The Hall–Kier alpha value is -0.580. The predicted molar refractivity (Wildman–Crippen MR) is 74.4 cm³/mol. The highest BCUT2D eigenvalue weighted by Crippen LogP contribution is 2.22. The van der Waals surface area contributed by atoms with E-state index in [9.17, 15) is 8.42 Å². The zero-order valence-corrected chi connectivity index (χ0v) is 12.0. The van der Waals surface area contributed by atoms with Crippen LogP contribution in [0.25, 0.3) is 0 Å². The second-order valence-electron chi connectivity index (χ2n) is 5.03. The quantitative estimate of drug-likeness (QED) is 0.842. The van der Waals surface area contributed by atoms with Crippen LogP contribution in [0.2, 0.25) is 0 Å². The van der Waals surface area contributed by atoms with Crippen molar-refractivity contribution in [2.75, 3.05) is 11.6 Å². The third-order valence-electron chi connectivity index (χ3n) is 3.16. The lowest BCUT2D eigenvalue weighted by Gasteiger charge is -2.14. The standard InChI is InChI=1S/C13H18ClNO2S/c1-10(8-14)9-18(16,17)15-13-6-11-4-2-3-5-12(11)7-13/h2-5,10,13,15H,6-9H2,1H3. The summed E-state index contributed by atoms with van der Waals surface area (Å²) >= 11 is 5.66. The van der Waals surface area contributed by atoms with Gasteiger partial charge in [0.1, 0.15) is 0 Å². The SMILES string of the molecule is CC(CCl)CS(=O)(=O)NC1Cc2ccccc2C1. The van der Waals surface area contributed by atoms with Gasteiger partial charge in [-0.2, -0.15) is 0 Å². The van der Waals surface area contributed by atoms with Gasteiger partial charge in [-0.05, 0) is 29.9 Å². The third kappa shape index (κ3) is 3.46. The Morgan fingerprint density at radius 1 is 1.33 bits per heavy atom. The molecule has 1 atom stereocenters. The topological polar surface area (TPSA) is 46.2 Å². The molecular weight excluding hydrogens is 270 g/mol. The van der Waals surface area contributed by atoms with Gasteiger partial charge >= 0.3 is 0 Å². The zero-order chi connectivity index (χ0) is 13.2. The van der Waals surface area contributed by atoms with E-state index in [0.29, 0.717) is 5.88 Å². The Kier molecular flexibility index (Phi) is 4.30. The molecule has 0 bridgehead atoms. The van der Waals surface area contributed by atoms with Gasteiger partial charge in [0.05, 0.1) is 5.75 Å². The minimum absolute atomic E-state index is 0.00470. The molecule has 18 heavy (non-hydrogen) atoms. The second kappa shape index (κ2) is 5.59. The predicted octanol–water partition coefficient (Wildman–Crippen LogP) is 1.95. The summed E-state index contributed by atoms with van der Waals surface area (Å²) in [6.07, 6.45) is 1.56. The fourth-order valence-corrected chi connectivity index (χ4v) is 4.24. The van der Waals surface area contributed by atoms with Crippen molar-refractivity contribution in [3.63, 3.8) is 0 Å². The molecule has 1 aromatic rings. The fourth-order valence-electron chi connectivity index (χ4n) is 2.36. The van der Waals surface area contributed by atoms with Gasteiger partial charge in [0.2, 0.25) is 10.0 Å². The molecule has 0 aromatic heterocycles. The van der Waals surface area contributed by atoms with Gasteiger partial charge in [-0.25, -0.2) is 13.1 Å². The molecule has 0 amide bonds. The van der Waals surface area contributed by atoms with Crippen molar-refractivity contribution in [2.45, 2.75) is 25.8 Å². The van der Waals surface area contributed by atoms with Gasteiger partial charge in [0.25, 0.3) is 0 Å². The summed E-state index contributed by atoms with van der Waals surface area (Å²) in [5.41, 5.74) is 2.49. The molecule has 5 heteroatoms. The second-order valence-corrected chi connectivity index (χ2v) is 7.14. The average Bonchev–Trinajstić information content (AvgIpc) is 2.68. The van der Waals surface area contributed by atoms with Crippen LogP contribution >= 0.6 is 11.6 Å². The maximum Gasteiger partial charge on any atom is 0.212 e. The average molecular weight is 288 g/mol. The molecule has 1 unspecified atom stereocenters. The molecule has 0 radical (unpaired) electrons. The van der Waals surface area contributed by atoms with E-state index in [1.807, 2.05) is 19.1 Å². The van der Waals surface area contributed by atoms with Crippen molar-refractivity contribution in [2.24, 2.45) is 5.92 Å². The first-order valence-corrected chi connectivity index (χ1v) is 8.31. The highest BCUT2D eigenvalue weighted by molar-refractivity contribution is 7.89. The van der Waals surface area contributed by atoms with E-state index in [4.69, 9.17) is 11.6 Å². The Bertz CT molecular complexity index is 490. The number of fused-ring (bicyclic) bond motifs is 1. The lowest BCUT2D eigenvalue weighted by atomic mass is 10.1. The van der Waals surface area contributed by atoms with Gasteiger partial charge in [-0.3, -0.25) is 0 Å². The molecule has 0 spiro atoms. The van der Waals surface area contributed by atoms with Crippen LogP contribution in [0, 0.1) is 5.92 Å². The summed E-state index contributed by atoms with van der Waals surface area (Å²) in [7, 11) is -3.23. The van der Waals surface area contributed by atoms with E-state index in [1.54, 1.807) is 0 Å². The molecule has 0 aliphatic heterocycles. The third-order valence-corrected chi connectivity index (χ3v) is 5.39. The molecule has 100 valence electrons. The van der Waals surface area contributed by atoms with E-state index in [0.717, 1.165) is 12.8 Å². The van der Waals surface area contributed by atoms with Crippen LogP contribution in [0.15, 0.2) is 24.3 Å². The lowest BCUT2D eigenvalue weighted by Crippen LogP contribution is -2.38. The molecule has 0 saturated heterocycles. The van der Waals surface area contributed by atoms with E-state index in [1.165, 1.54) is 11.1 Å². The maximum atomic E-state index is 11.9. The monoisotopic (exact) mass is 287 g/mol. The number of benzene rings is 1. The zero-order valence-electron chi connectivity index (χ0n) is 10.4. The van der Waals surface area contributed by atoms with E-state index in [2.05, 4.69) is 16.9 Å². The largest absolute Gasteiger partial charge is 0.212 e. The van der Waals surface area contributed by atoms with Crippen LogP contribution in [0.5, 0.6) is 0 Å². The normalized spacial score (nSPS) is 17.7. The number of hydrogen-bond acceptors (Lipinski definition) is 2. The van der Waals surface area contributed by atoms with Crippen LogP contribution < -0.4 is 4.72 Å². The van der Waals surface area contributed by atoms with Crippen molar-refractivity contribution in [3.05, 3.63) is 35.4 Å². The Balaban J connectivity index is 1.97. The summed E-state index contributed by atoms with van der Waals surface area (Å²) in [6.45, 7) is 1.84. The molecule has 1 aliphatic rings. The Labute approximate surface area is 114 Å². The minimum Gasteiger partial charge on any atom is -0.212 e. The summed E-state index contributed by atoms with van der Waals surface area (Å²) in [5.74, 6) is 0.447. The van der Waals surface area contributed by atoms with Crippen LogP contribution in [0.3, 0.4) is 0 Å². The molecule has 0 heterocycles. The maximum absolute atomic E-state index is 11.9. The number of hydrogen-bond donors (Lipinski definition) is 1. The molecule has 0 fully saturated rings. The Morgan fingerprint density at radius 3 is 2.39 bits per heavy atom.